The van der Waals surface area contributed by atoms with Crippen LogP contribution in [0.4, 0.5) is 11.6 Å². The van der Waals surface area contributed by atoms with Crippen LogP contribution < -0.4 is 15.4 Å². The van der Waals surface area contributed by atoms with E-state index in [0.717, 1.165) is 0 Å². The quantitative estimate of drug-likeness (QED) is 0.847. The van der Waals surface area contributed by atoms with E-state index in [1.807, 2.05) is 6.07 Å². The van der Waals surface area contributed by atoms with E-state index in [4.69, 9.17) is 16.3 Å². The highest BCUT2D eigenvalue weighted by atomic mass is 35.5. The van der Waals surface area contributed by atoms with Gasteiger partial charge in [0.2, 0.25) is 11.8 Å². The Kier molecular flexibility index (Phi) is 4.37. The van der Waals surface area contributed by atoms with E-state index in [1.165, 1.54) is 13.2 Å². The minimum atomic E-state index is -0.334. The molecule has 0 fully saturated rings. The highest BCUT2D eigenvalue weighted by molar-refractivity contribution is 6.29. The summed E-state index contributed by atoms with van der Waals surface area (Å²) in [5.41, 5.74) is 1.19. The zero-order chi connectivity index (χ0) is 14.5. The van der Waals surface area contributed by atoms with Gasteiger partial charge in [-0.05, 0) is 12.1 Å². The molecule has 2 rings (SSSR count). The Labute approximate surface area is 121 Å². The van der Waals surface area contributed by atoms with Crippen LogP contribution in [-0.4, -0.2) is 30.0 Å². The highest BCUT2D eigenvalue weighted by Gasteiger charge is 2.12. The summed E-state index contributed by atoms with van der Waals surface area (Å²) >= 11 is 5.82. The van der Waals surface area contributed by atoms with Gasteiger partial charge in [0.25, 0.3) is 5.91 Å². The fraction of sp³-hybridized carbons (Fsp3) is 0.154. The maximum absolute atomic E-state index is 12.2. The van der Waals surface area contributed by atoms with Gasteiger partial charge in [0.15, 0.2) is 0 Å². The molecular weight excluding hydrogens is 280 g/mol. The third-order valence-electron chi connectivity index (χ3n) is 2.55. The van der Waals surface area contributed by atoms with E-state index in [2.05, 4.69) is 20.6 Å². The van der Waals surface area contributed by atoms with Crippen LogP contribution in [0.3, 0.4) is 0 Å². The molecule has 0 bridgehead atoms. The molecule has 2 N–H and O–H groups in total. The summed E-state index contributed by atoms with van der Waals surface area (Å²) in [7, 11) is 3.20. The molecule has 0 aliphatic rings. The second-order valence-electron chi connectivity index (χ2n) is 3.81. The van der Waals surface area contributed by atoms with Crippen molar-refractivity contribution in [1.82, 2.24) is 9.97 Å². The van der Waals surface area contributed by atoms with Gasteiger partial charge in [-0.15, -0.1) is 0 Å². The van der Waals surface area contributed by atoms with Crippen LogP contribution in [0.25, 0.3) is 0 Å². The third-order valence-corrected chi connectivity index (χ3v) is 2.74. The Morgan fingerprint density at radius 1 is 1.30 bits per heavy atom. The zero-order valence-corrected chi connectivity index (χ0v) is 11.7. The minimum Gasteiger partial charge on any atom is -0.481 e. The normalized spacial score (nSPS) is 9.95. The number of hydrogen-bond acceptors (Lipinski definition) is 5. The van der Waals surface area contributed by atoms with E-state index < -0.39 is 0 Å². The van der Waals surface area contributed by atoms with Gasteiger partial charge in [-0.25, -0.2) is 4.98 Å². The summed E-state index contributed by atoms with van der Waals surface area (Å²) in [6, 6.07) is 8.56. The lowest BCUT2D eigenvalue weighted by atomic mass is 10.1. The first-order valence-electron chi connectivity index (χ1n) is 5.80. The van der Waals surface area contributed by atoms with Gasteiger partial charge in [-0.1, -0.05) is 23.7 Å². The number of methoxy groups -OCH3 is 1. The molecule has 0 unspecified atom stereocenters. The number of benzene rings is 1. The van der Waals surface area contributed by atoms with Gasteiger partial charge in [0.1, 0.15) is 5.15 Å². The van der Waals surface area contributed by atoms with E-state index in [0.29, 0.717) is 11.3 Å². The molecular formula is C13H13ClN4O2. The Morgan fingerprint density at radius 3 is 2.75 bits per heavy atom. The molecule has 0 saturated carbocycles. The van der Waals surface area contributed by atoms with Gasteiger partial charge in [0.05, 0.1) is 12.7 Å². The van der Waals surface area contributed by atoms with Crippen LogP contribution in [0.1, 0.15) is 10.4 Å². The minimum absolute atomic E-state index is 0.0882. The van der Waals surface area contributed by atoms with Crippen molar-refractivity contribution >= 4 is 29.1 Å². The van der Waals surface area contributed by atoms with Crippen molar-refractivity contribution in [3.8, 4) is 5.88 Å². The molecule has 1 aromatic carbocycles. The largest absolute Gasteiger partial charge is 0.481 e. The van der Waals surface area contributed by atoms with Crippen LogP contribution in [0.15, 0.2) is 30.3 Å². The second-order valence-corrected chi connectivity index (χ2v) is 4.19. The van der Waals surface area contributed by atoms with Crippen molar-refractivity contribution in [2.24, 2.45) is 0 Å². The van der Waals surface area contributed by atoms with Crippen LogP contribution in [0.2, 0.25) is 5.15 Å². The molecule has 0 saturated heterocycles. The third kappa shape index (κ3) is 3.16. The van der Waals surface area contributed by atoms with Gasteiger partial charge < -0.3 is 10.1 Å². The molecule has 7 heteroatoms. The fourth-order valence-electron chi connectivity index (χ4n) is 1.63. The Morgan fingerprint density at radius 2 is 2.05 bits per heavy atom. The molecule has 0 aliphatic carbocycles. The molecule has 104 valence electrons. The first kappa shape index (κ1) is 14.1. The first-order valence-corrected chi connectivity index (χ1v) is 6.18. The molecule has 1 heterocycles. The molecule has 1 aromatic heterocycles. The van der Waals surface area contributed by atoms with E-state index in [-0.39, 0.29) is 22.9 Å². The predicted octanol–water partition coefficient (Wildman–Crippen LogP) is 2.43. The van der Waals surface area contributed by atoms with Gasteiger partial charge in [-0.2, -0.15) is 4.98 Å². The fourth-order valence-corrected chi connectivity index (χ4v) is 1.80. The lowest BCUT2D eigenvalue weighted by Crippen LogP contribution is -2.16. The van der Waals surface area contributed by atoms with E-state index in [1.54, 1.807) is 25.2 Å². The Hall–Kier alpha value is -2.34. The number of rotatable bonds is 4. The molecule has 2 aromatic rings. The summed E-state index contributed by atoms with van der Waals surface area (Å²) in [5.74, 6) is 0.0340. The predicted molar refractivity (Wildman–Crippen MR) is 77.5 cm³/mol. The first-order chi connectivity index (χ1) is 9.63. The standard InChI is InChI=1S/C13H13ClN4O2/c1-15-9-6-4-3-5-8(9)12(19)18-13-16-10(14)7-11(17-13)20-2/h3-7,15H,1-2H3,(H,16,17,18,19). The van der Waals surface area contributed by atoms with E-state index >= 15 is 0 Å². The van der Waals surface area contributed by atoms with Gasteiger partial charge in [-0.3, -0.25) is 10.1 Å². The maximum Gasteiger partial charge on any atom is 0.260 e. The summed E-state index contributed by atoms with van der Waals surface area (Å²) in [6.07, 6.45) is 0. The number of amides is 1. The molecule has 1 amide bonds. The topological polar surface area (TPSA) is 76.1 Å². The Bertz CT molecular complexity index is 634. The van der Waals surface area contributed by atoms with Crippen molar-refractivity contribution < 1.29 is 9.53 Å². The molecule has 0 atom stereocenters. The average Bonchev–Trinajstić information content (AvgIpc) is 2.46. The number of aromatic nitrogens is 2. The molecule has 0 aliphatic heterocycles. The SMILES string of the molecule is CNc1ccccc1C(=O)Nc1nc(Cl)cc(OC)n1. The molecule has 20 heavy (non-hydrogen) atoms. The highest BCUT2D eigenvalue weighted by Crippen LogP contribution is 2.18. The van der Waals surface area contributed by atoms with Gasteiger partial charge >= 0.3 is 0 Å². The molecule has 6 nitrogen and oxygen atoms in total. The molecule has 0 spiro atoms. The van der Waals surface area contributed by atoms with Crippen LogP contribution in [0, 0.1) is 0 Å². The van der Waals surface area contributed by atoms with Crippen molar-refractivity contribution in [3.63, 3.8) is 0 Å². The smallest absolute Gasteiger partial charge is 0.260 e. The number of halogens is 1. The van der Waals surface area contributed by atoms with Crippen molar-refractivity contribution in [2.75, 3.05) is 24.8 Å². The number of hydrogen-bond donors (Lipinski definition) is 2. The lowest BCUT2D eigenvalue weighted by molar-refractivity contribution is 0.102. The zero-order valence-electron chi connectivity index (χ0n) is 11.0. The summed E-state index contributed by atoms with van der Waals surface area (Å²) < 4.78 is 4.97. The van der Waals surface area contributed by atoms with Crippen molar-refractivity contribution in [1.29, 1.82) is 0 Å². The maximum atomic E-state index is 12.2. The monoisotopic (exact) mass is 292 g/mol. The Balaban J connectivity index is 2.25. The van der Waals surface area contributed by atoms with Crippen molar-refractivity contribution in [3.05, 3.63) is 41.0 Å². The van der Waals surface area contributed by atoms with Crippen LogP contribution in [0.5, 0.6) is 5.88 Å². The second kappa shape index (κ2) is 6.21. The number of carbonyl (C=O) groups is 1. The number of ether oxygens (including phenoxy) is 1. The lowest BCUT2D eigenvalue weighted by Gasteiger charge is -2.09. The number of para-hydroxylation sites is 1. The summed E-state index contributed by atoms with van der Waals surface area (Å²) in [5, 5.41) is 5.72. The van der Waals surface area contributed by atoms with Crippen LogP contribution in [-0.2, 0) is 0 Å². The summed E-state index contributed by atoms with van der Waals surface area (Å²) in [4.78, 5) is 20.1. The van der Waals surface area contributed by atoms with Gasteiger partial charge in [0, 0.05) is 18.8 Å². The van der Waals surface area contributed by atoms with E-state index in [9.17, 15) is 4.79 Å². The molecule has 0 radical (unpaired) electrons. The number of nitrogens with zero attached hydrogens (tertiary/aromatic N) is 2. The van der Waals surface area contributed by atoms with Crippen molar-refractivity contribution in [2.45, 2.75) is 0 Å². The number of anilines is 2. The number of nitrogens with one attached hydrogen (secondary N) is 2. The average molecular weight is 293 g/mol. The van der Waals surface area contributed by atoms with Crippen LogP contribution >= 0.6 is 11.6 Å². The number of carbonyl (C=O) groups excluding carboxylic acids is 1. The summed E-state index contributed by atoms with van der Waals surface area (Å²) in [6.45, 7) is 0.